The average molecular weight is 290 g/mol. The summed E-state index contributed by atoms with van der Waals surface area (Å²) in [7, 11) is 1.29. The zero-order chi connectivity index (χ0) is 15.2. The first-order chi connectivity index (χ1) is 10.1. The van der Waals surface area contributed by atoms with Gasteiger partial charge in [-0.1, -0.05) is 12.1 Å². The van der Waals surface area contributed by atoms with E-state index in [-0.39, 0.29) is 18.2 Å². The third kappa shape index (κ3) is 3.95. The number of phenols is 1. The van der Waals surface area contributed by atoms with Gasteiger partial charge >= 0.3 is 5.97 Å². The lowest BCUT2D eigenvalue weighted by molar-refractivity contribution is -0.143. The maximum Gasteiger partial charge on any atom is 0.316 e. The summed E-state index contributed by atoms with van der Waals surface area (Å²) >= 11 is 0. The summed E-state index contributed by atoms with van der Waals surface area (Å²) in [5.41, 5.74) is 0.613. The molecule has 0 bridgehead atoms. The molecule has 1 N–H and O–H groups in total. The Morgan fingerprint density at radius 1 is 1.14 bits per heavy atom. The minimum Gasteiger partial charge on any atom is -0.508 e. The van der Waals surface area contributed by atoms with Crippen LogP contribution in [0.3, 0.4) is 0 Å². The summed E-state index contributed by atoms with van der Waals surface area (Å²) in [5, 5.41) is 9.20. The summed E-state index contributed by atoms with van der Waals surface area (Å²) in [6.07, 6.45) is 0. The van der Waals surface area contributed by atoms with Gasteiger partial charge in [-0.3, -0.25) is 4.79 Å². The first-order valence-corrected chi connectivity index (χ1v) is 6.35. The van der Waals surface area contributed by atoms with Gasteiger partial charge in [0.1, 0.15) is 29.8 Å². The van der Waals surface area contributed by atoms with Gasteiger partial charge in [-0.2, -0.15) is 0 Å². The van der Waals surface area contributed by atoms with Crippen LogP contribution in [-0.4, -0.2) is 24.8 Å². The molecular weight excluding hydrogens is 275 g/mol. The molecule has 2 aromatic rings. The van der Waals surface area contributed by atoms with Gasteiger partial charge in [0.25, 0.3) is 0 Å². The lowest BCUT2D eigenvalue weighted by Gasteiger charge is -2.16. The standard InChI is InChI=1S/C16H15FO4/c1-20-16(19)15(11-2-4-12(17)5-3-11)10-21-14-8-6-13(18)7-9-14/h2-9,15,18H,10H2,1H3. The fraction of sp³-hybridized carbons (Fsp3) is 0.188. The van der Waals surface area contributed by atoms with E-state index in [1.54, 1.807) is 12.1 Å². The van der Waals surface area contributed by atoms with Crippen molar-refractivity contribution in [3.8, 4) is 11.5 Å². The minimum atomic E-state index is -0.649. The SMILES string of the molecule is COC(=O)C(COc1ccc(O)cc1)c1ccc(F)cc1. The monoisotopic (exact) mass is 290 g/mol. The summed E-state index contributed by atoms with van der Waals surface area (Å²) < 4.78 is 23.2. The van der Waals surface area contributed by atoms with Gasteiger partial charge in [0, 0.05) is 0 Å². The molecule has 0 aliphatic rings. The molecule has 0 fully saturated rings. The molecule has 0 aliphatic carbocycles. The molecule has 4 nitrogen and oxygen atoms in total. The van der Waals surface area contributed by atoms with Gasteiger partial charge in [-0.25, -0.2) is 4.39 Å². The molecule has 110 valence electrons. The van der Waals surface area contributed by atoms with Crippen molar-refractivity contribution in [2.24, 2.45) is 0 Å². The number of carbonyl (C=O) groups excluding carboxylic acids is 1. The molecule has 0 saturated heterocycles. The minimum absolute atomic E-state index is 0.0586. The Hall–Kier alpha value is -2.56. The van der Waals surface area contributed by atoms with Crippen LogP contribution in [0.4, 0.5) is 4.39 Å². The molecule has 2 aromatic carbocycles. The molecule has 0 saturated carbocycles. The normalized spacial score (nSPS) is 11.7. The number of methoxy groups -OCH3 is 1. The molecule has 0 amide bonds. The van der Waals surface area contributed by atoms with Crippen LogP contribution in [0.25, 0.3) is 0 Å². The van der Waals surface area contributed by atoms with Crippen LogP contribution in [-0.2, 0) is 9.53 Å². The molecule has 5 heteroatoms. The number of benzene rings is 2. The maximum atomic E-state index is 13.0. The molecule has 0 aliphatic heterocycles. The van der Waals surface area contributed by atoms with Gasteiger partial charge in [0.2, 0.25) is 0 Å². The molecule has 0 spiro atoms. The van der Waals surface area contributed by atoms with Crippen LogP contribution >= 0.6 is 0 Å². The molecule has 0 radical (unpaired) electrons. The van der Waals surface area contributed by atoms with Crippen molar-refractivity contribution < 1.29 is 23.8 Å². The van der Waals surface area contributed by atoms with E-state index in [1.807, 2.05) is 0 Å². The van der Waals surface area contributed by atoms with Crippen LogP contribution in [0.5, 0.6) is 11.5 Å². The highest BCUT2D eigenvalue weighted by molar-refractivity contribution is 5.78. The number of aromatic hydroxyl groups is 1. The van der Waals surface area contributed by atoms with Crippen LogP contribution in [0.15, 0.2) is 48.5 Å². The Labute approximate surface area is 121 Å². The maximum absolute atomic E-state index is 13.0. The summed E-state index contributed by atoms with van der Waals surface area (Å²) in [4.78, 5) is 11.8. The Kier molecular flexibility index (Phi) is 4.77. The number of rotatable bonds is 5. The Morgan fingerprint density at radius 3 is 2.33 bits per heavy atom. The molecule has 0 heterocycles. The van der Waals surface area contributed by atoms with Gasteiger partial charge in [0.05, 0.1) is 7.11 Å². The fourth-order valence-corrected chi connectivity index (χ4v) is 1.86. The van der Waals surface area contributed by atoms with E-state index in [4.69, 9.17) is 9.47 Å². The number of hydrogen-bond acceptors (Lipinski definition) is 4. The number of hydrogen-bond donors (Lipinski definition) is 1. The predicted octanol–water partition coefficient (Wildman–Crippen LogP) is 2.87. The van der Waals surface area contributed by atoms with Crippen molar-refractivity contribution in [2.75, 3.05) is 13.7 Å². The van der Waals surface area contributed by atoms with E-state index in [9.17, 15) is 14.3 Å². The fourth-order valence-electron chi connectivity index (χ4n) is 1.86. The number of carbonyl (C=O) groups is 1. The zero-order valence-electron chi connectivity index (χ0n) is 11.5. The Balaban J connectivity index is 2.11. The van der Waals surface area contributed by atoms with Crippen LogP contribution in [0, 0.1) is 5.82 Å². The topological polar surface area (TPSA) is 55.8 Å². The van der Waals surface area contributed by atoms with Crippen molar-refractivity contribution in [3.05, 3.63) is 59.9 Å². The summed E-state index contributed by atoms with van der Waals surface area (Å²) in [6, 6.07) is 11.8. The lowest BCUT2D eigenvalue weighted by Crippen LogP contribution is -2.21. The molecule has 1 unspecified atom stereocenters. The third-order valence-electron chi connectivity index (χ3n) is 3.01. The van der Waals surface area contributed by atoms with Crippen LogP contribution in [0.2, 0.25) is 0 Å². The van der Waals surface area contributed by atoms with E-state index >= 15 is 0 Å². The van der Waals surface area contributed by atoms with Crippen molar-refractivity contribution in [3.63, 3.8) is 0 Å². The zero-order valence-corrected chi connectivity index (χ0v) is 11.5. The first kappa shape index (κ1) is 14.8. The van der Waals surface area contributed by atoms with E-state index in [0.717, 1.165) is 0 Å². The van der Waals surface area contributed by atoms with Crippen LogP contribution < -0.4 is 4.74 Å². The number of halogens is 1. The molecule has 21 heavy (non-hydrogen) atoms. The van der Waals surface area contributed by atoms with Crippen LogP contribution in [0.1, 0.15) is 11.5 Å². The van der Waals surface area contributed by atoms with Crippen molar-refractivity contribution >= 4 is 5.97 Å². The highest BCUT2D eigenvalue weighted by atomic mass is 19.1. The smallest absolute Gasteiger partial charge is 0.316 e. The summed E-state index contributed by atoms with van der Waals surface area (Å²) in [6.45, 7) is 0.0586. The van der Waals surface area contributed by atoms with E-state index in [1.165, 1.54) is 43.5 Å². The third-order valence-corrected chi connectivity index (χ3v) is 3.01. The van der Waals surface area contributed by atoms with Gasteiger partial charge < -0.3 is 14.6 Å². The van der Waals surface area contributed by atoms with Crippen molar-refractivity contribution in [2.45, 2.75) is 5.92 Å². The average Bonchev–Trinajstić information content (AvgIpc) is 2.50. The van der Waals surface area contributed by atoms with Gasteiger partial charge in [0.15, 0.2) is 0 Å². The lowest BCUT2D eigenvalue weighted by atomic mass is 10.0. The highest BCUT2D eigenvalue weighted by Crippen LogP contribution is 2.21. The number of phenolic OH excluding ortho intramolecular Hbond substituents is 1. The highest BCUT2D eigenvalue weighted by Gasteiger charge is 2.22. The summed E-state index contributed by atoms with van der Waals surface area (Å²) in [5.74, 6) is -0.833. The Bertz CT molecular complexity index is 593. The largest absolute Gasteiger partial charge is 0.508 e. The number of ether oxygens (including phenoxy) is 2. The van der Waals surface area contributed by atoms with Gasteiger partial charge in [-0.15, -0.1) is 0 Å². The first-order valence-electron chi connectivity index (χ1n) is 6.35. The Morgan fingerprint density at radius 2 is 1.76 bits per heavy atom. The van der Waals surface area contributed by atoms with E-state index in [0.29, 0.717) is 11.3 Å². The van der Waals surface area contributed by atoms with E-state index in [2.05, 4.69) is 0 Å². The second-order valence-electron chi connectivity index (χ2n) is 4.43. The van der Waals surface area contributed by atoms with E-state index < -0.39 is 11.9 Å². The second kappa shape index (κ2) is 6.74. The second-order valence-corrected chi connectivity index (χ2v) is 4.43. The van der Waals surface area contributed by atoms with Crippen molar-refractivity contribution in [1.82, 2.24) is 0 Å². The number of esters is 1. The molecular formula is C16H15FO4. The van der Waals surface area contributed by atoms with Crippen molar-refractivity contribution in [1.29, 1.82) is 0 Å². The predicted molar refractivity (Wildman–Crippen MR) is 74.8 cm³/mol. The molecule has 2 rings (SSSR count). The molecule has 1 atom stereocenters. The molecule has 0 aromatic heterocycles. The quantitative estimate of drug-likeness (QED) is 0.860. The van der Waals surface area contributed by atoms with Gasteiger partial charge in [-0.05, 0) is 42.0 Å².